The third kappa shape index (κ3) is 3.61. The van der Waals surface area contributed by atoms with Crippen molar-refractivity contribution in [3.05, 3.63) is 87.6 Å². The van der Waals surface area contributed by atoms with Crippen LogP contribution in [0.15, 0.2) is 65.1 Å². The van der Waals surface area contributed by atoms with Gasteiger partial charge in [0, 0.05) is 10.4 Å². The molecule has 1 amide bonds. The number of nitrogens with one attached hydrogen (secondary N) is 1. The fraction of sp³-hybridized carbons (Fsp3) is 0.0909. The lowest BCUT2D eigenvalue weighted by Crippen LogP contribution is -2.19. The fourth-order valence-corrected chi connectivity index (χ4v) is 4.24. The van der Waals surface area contributed by atoms with Gasteiger partial charge in [0.15, 0.2) is 0 Å². The number of fused-ring (bicyclic) bond motifs is 3. The Labute approximate surface area is 174 Å². The Balaban J connectivity index is 1.54. The van der Waals surface area contributed by atoms with E-state index in [1.807, 2.05) is 48.5 Å². The number of hydrogen-bond donors (Lipinski definition) is 2. The van der Waals surface area contributed by atoms with Crippen LogP contribution in [0.5, 0.6) is 0 Å². The van der Waals surface area contributed by atoms with E-state index in [2.05, 4.69) is 21.2 Å². The van der Waals surface area contributed by atoms with Crippen LogP contribution in [0.4, 0.5) is 14.9 Å². The van der Waals surface area contributed by atoms with Crippen LogP contribution in [0.25, 0.3) is 11.1 Å². The zero-order valence-corrected chi connectivity index (χ0v) is 16.6. The van der Waals surface area contributed by atoms with Gasteiger partial charge in [-0.15, -0.1) is 0 Å². The monoisotopic (exact) mass is 455 g/mol. The summed E-state index contributed by atoms with van der Waals surface area (Å²) in [5.41, 5.74) is 3.88. The van der Waals surface area contributed by atoms with Gasteiger partial charge in [-0.25, -0.2) is 14.0 Å². The number of benzene rings is 3. The van der Waals surface area contributed by atoms with Gasteiger partial charge in [-0.1, -0.05) is 48.5 Å². The lowest BCUT2D eigenvalue weighted by Gasteiger charge is -2.15. The molecule has 146 valence electrons. The molecule has 0 unspecified atom stereocenters. The number of carbonyl (C=O) groups is 2. The van der Waals surface area contributed by atoms with Gasteiger partial charge in [-0.2, -0.15) is 0 Å². The molecule has 0 bridgehead atoms. The number of rotatable bonds is 4. The average Bonchev–Trinajstić information content (AvgIpc) is 2.99. The average molecular weight is 456 g/mol. The molecule has 4 rings (SSSR count). The van der Waals surface area contributed by atoms with Crippen LogP contribution in [0, 0.1) is 5.82 Å². The van der Waals surface area contributed by atoms with Crippen molar-refractivity contribution in [2.75, 3.05) is 11.9 Å². The topological polar surface area (TPSA) is 75.6 Å². The molecule has 0 fully saturated rings. The van der Waals surface area contributed by atoms with Gasteiger partial charge in [-0.05, 0) is 50.3 Å². The van der Waals surface area contributed by atoms with Crippen molar-refractivity contribution in [1.82, 2.24) is 0 Å². The summed E-state index contributed by atoms with van der Waals surface area (Å²) in [7, 11) is 0. The Hall–Kier alpha value is -3.19. The van der Waals surface area contributed by atoms with Gasteiger partial charge in [0.05, 0.1) is 11.3 Å². The van der Waals surface area contributed by atoms with Crippen molar-refractivity contribution in [2.24, 2.45) is 0 Å². The van der Waals surface area contributed by atoms with Crippen LogP contribution >= 0.6 is 15.9 Å². The summed E-state index contributed by atoms with van der Waals surface area (Å²) < 4.78 is 19.1. The van der Waals surface area contributed by atoms with Crippen LogP contribution in [-0.2, 0) is 4.74 Å². The van der Waals surface area contributed by atoms with Gasteiger partial charge < -0.3 is 9.84 Å². The molecule has 0 saturated heterocycles. The first kappa shape index (κ1) is 19.1. The number of ether oxygens (including phenoxy) is 1. The molecule has 0 spiro atoms. The van der Waals surface area contributed by atoms with Crippen LogP contribution in [0.2, 0.25) is 0 Å². The number of hydrogen-bond acceptors (Lipinski definition) is 3. The molecule has 0 radical (unpaired) electrons. The Kier molecular flexibility index (Phi) is 5.07. The van der Waals surface area contributed by atoms with Gasteiger partial charge in [-0.3, -0.25) is 5.32 Å². The second-order valence-corrected chi connectivity index (χ2v) is 7.42. The van der Waals surface area contributed by atoms with Crippen LogP contribution < -0.4 is 5.32 Å². The van der Waals surface area contributed by atoms with Gasteiger partial charge >= 0.3 is 12.1 Å². The Bertz CT molecular complexity index is 1090. The standard InChI is InChI=1S/C22H15BrFNO4/c23-18-9-12(24)10-19(20(18)21(26)27)25-22(28)29-11-17-15-7-3-1-5-13(15)14-6-2-4-8-16(14)17/h1-10,17H,11H2,(H,25,28)(H,26,27). The van der Waals surface area contributed by atoms with Gasteiger partial charge in [0.2, 0.25) is 0 Å². The lowest BCUT2D eigenvalue weighted by molar-refractivity contribution is 0.0697. The number of carbonyl (C=O) groups excluding carboxylic acids is 1. The van der Waals surface area contributed by atoms with Crippen molar-refractivity contribution in [3.8, 4) is 11.1 Å². The molecule has 0 aliphatic heterocycles. The maximum Gasteiger partial charge on any atom is 0.411 e. The highest BCUT2D eigenvalue weighted by molar-refractivity contribution is 9.10. The van der Waals surface area contributed by atoms with E-state index >= 15 is 0 Å². The minimum atomic E-state index is -1.30. The molecule has 1 aliphatic rings. The molecule has 29 heavy (non-hydrogen) atoms. The molecular weight excluding hydrogens is 441 g/mol. The quantitative estimate of drug-likeness (QED) is 0.532. The lowest BCUT2D eigenvalue weighted by atomic mass is 9.98. The maximum absolute atomic E-state index is 13.7. The number of aromatic carboxylic acids is 1. The summed E-state index contributed by atoms with van der Waals surface area (Å²) >= 11 is 3.00. The predicted octanol–water partition coefficient (Wildman–Crippen LogP) is 5.65. The molecular formula is C22H15BrFNO4. The summed E-state index contributed by atoms with van der Waals surface area (Å²) in [6.45, 7) is 0.0682. The van der Waals surface area contributed by atoms with E-state index in [0.29, 0.717) is 0 Å². The van der Waals surface area contributed by atoms with E-state index in [1.54, 1.807) is 0 Å². The molecule has 0 aromatic heterocycles. The number of carboxylic acid groups (broad SMARTS) is 1. The van der Waals surface area contributed by atoms with Crippen molar-refractivity contribution >= 4 is 33.7 Å². The summed E-state index contributed by atoms with van der Waals surface area (Å²) in [6.07, 6.45) is -0.855. The third-order valence-electron chi connectivity index (χ3n) is 4.85. The number of amides is 1. The van der Waals surface area contributed by atoms with E-state index in [1.165, 1.54) is 0 Å². The fourth-order valence-electron chi connectivity index (χ4n) is 3.63. The highest BCUT2D eigenvalue weighted by atomic mass is 79.9. The first-order valence-electron chi connectivity index (χ1n) is 8.80. The van der Waals surface area contributed by atoms with Crippen LogP contribution in [0.3, 0.4) is 0 Å². The second kappa shape index (κ2) is 7.67. The molecule has 3 aromatic carbocycles. The minimum absolute atomic E-state index is 0.0268. The predicted molar refractivity (Wildman–Crippen MR) is 110 cm³/mol. The van der Waals surface area contributed by atoms with E-state index in [4.69, 9.17) is 4.74 Å². The van der Waals surface area contributed by atoms with Crippen molar-refractivity contribution < 1.29 is 23.8 Å². The van der Waals surface area contributed by atoms with E-state index < -0.39 is 17.9 Å². The molecule has 2 N–H and O–H groups in total. The SMILES string of the molecule is O=C(Nc1cc(F)cc(Br)c1C(=O)O)OCC1c2ccccc2-c2ccccc21. The molecule has 7 heteroatoms. The van der Waals surface area contributed by atoms with Crippen LogP contribution in [0.1, 0.15) is 27.4 Å². The zero-order valence-electron chi connectivity index (χ0n) is 15.0. The molecule has 0 heterocycles. The first-order valence-corrected chi connectivity index (χ1v) is 9.59. The second-order valence-electron chi connectivity index (χ2n) is 6.57. The Morgan fingerprint density at radius 1 is 1.03 bits per heavy atom. The van der Waals surface area contributed by atoms with E-state index in [-0.39, 0.29) is 28.2 Å². The van der Waals surface area contributed by atoms with Gasteiger partial charge in [0.25, 0.3) is 0 Å². The molecule has 5 nitrogen and oxygen atoms in total. The third-order valence-corrected chi connectivity index (χ3v) is 5.47. The smallest absolute Gasteiger partial charge is 0.411 e. The normalized spacial score (nSPS) is 12.2. The molecule has 3 aromatic rings. The molecule has 1 aliphatic carbocycles. The summed E-state index contributed by atoms with van der Waals surface area (Å²) in [5.74, 6) is -2.12. The van der Waals surface area contributed by atoms with Crippen molar-refractivity contribution in [2.45, 2.75) is 5.92 Å². The zero-order chi connectivity index (χ0) is 20.5. The maximum atomic E-state index is 13.7. The van der Waals surface area contributed by atoms with E-state index in [0.717, 1.165) is 34.4 Å². The van der Waals surface area contributed by atoms with Crippen molar-refractivity contribution in [3.63, 3.8) is 0 Å². The highest BCUT2D eigenvalue weighted by Crippen LogP contribution is 2.44. The van der Waals surface area contributed by atoms with Crippen LogP contribution in [-0.4, -0.2) is 23.8 Å². The van der Waals surface area contributed by atoms with Crippen molar-refractivity contribution in [1.29, 1.82) is 0 Å². The Morgan fingerprint density at radius 3 is 2.21 bits per heavy atom. The van der Waals surface area contributed by atoms with E-state index in [9.17, 15) is 19.1 Å². The number of carboxylic acids is 1. The molecule has 0 atom stereocenters. The highest BCUT2D eigenvalue weighted by Gasteiger charge is 2.29. The summed E-state index contributed by atoms with van der Waals surface area (Å²) in [6, 6.07) is 17.8. The summed E-state index contributed by atoms with van der Waals surface area (Å²) in [4.78, 5) is 23.8. The van der Waals surface area contributed by atoms with Gasteiger partial charge in [0.1, 0.15) is 12.4 Å². The minimum Gasteiger partial charge on any atom is -0.478 e. The number of anilines is 1. The Morgan fingerprint density at radius 2 is 1.62 bits per heavy atom. The number of halogens is 2. The first-order chi connectivity index (χ1) is 14.0. The molecule has 0 saturated carbocycles. The summed E-state index contributed by atoms with van der Waals surface area (Å²) in [5, 5.41) is 11.7. The largest absolute Gasteiger partial charge is 0.478 e.